The van der Waals surface area contributed by atoms with Crippen molar-refractivity contribution in [2.24, 2.45) is 0 Å². The van der Waals surface area contributed by atoms with E-state index >= 15 is 0 Å². The van der Waals surface area contributed by atoms with Crippen LogP contribution in [0.25, 0.3) is 0 Å². The van der Waals surface area contributed by atoms with Crippen molar-refractivity contribution in [3.63, 3.8) is 0 Å². The molecule has 0 saturated heterocycles. The van der Waals surface area contributed by atoms with Crippen molar-refractivity contribution in [3.05, 3.63) is 35.9 Å². The fourth-order valence-electron chi connectivity index (χ4n) is 2.62. The van der Waals surface area contributed by atoms with Crippen LogP contribution < -0.4 is 0 Å². The van der Waals surface area contributed by atoms with E-state index in [0.717, 1.165) is 25.1 Å². The second-order valence-corrected chi connectivity index (χ2v) is 4.46. The number of hydrogen-bond acceptors (Lipinski definition) is 2. The summed E-state index contributed by atoms with van der Waals surface area (Å²) in [6.45, 7) is 7.58. The maximum Gasteiger partial charge on any atom is 0.328 e. The summed E-state index contributed by atoms with van der Waals surface area (Å²) in [5, 5.41) is 9.76. The first-order chi connectivity index (χ1) is 8.63. The van der Waals surface area contributed by atoms with Gasteiger partial charge in [0.15, 0.2) is 0 Å². The number of nitrogens with zero attached hydrogens (tertiary/aromatic N) is 1. The maximum absolute atomic E-state index is 11.9. The highest BCUT2D eigenvalue weighted by molar-refractivity contribution is 5.80. The van der Waals surface area contributed by atoms with Crippen LogP contribution in [0.15, 0.2) is 30.3 Å². The molecule has 0 aromatic heterocycles. The summed E-state index contributed by atoms with van der Waals surface area (Å²) >= 11 is 0. The van der Waals surface area contributed by atoms with E-state index in [0.29, 0.717) is 6.42 Å². The van der Waals surface area contributed by atoms with Gasteiger partial charge in [0.1, 0.15) is 5.54 Å². The van der Waals surface area contributed by atoms with Gasteiger partial charge in [-0.1, -0.05) is 51.1 Å². The van der Waals surface area contributed by atoms with Gasteiger partial charge in [-0.2, -0.15) is 0 Å². The fourth-order valence-corrected chi connectivity index (χ4v) is 2.62. The number of carbonyl (C=O) groups is 1. The summed E-state index contributed by atoms with van der Waals surface area (Å²) in [5.74, 6) is -0.758. The van der Waals surface area contributed by atoms with Crippen LogP contribution in [0.1, 0.15) is 39.2 Å². The third-order valence-electron chi connectivity index (χ3n) is 3.53. The Kier molecular flexibility index (Phi) is 5.35. The van der Waals surface area contributed by atoms with Crippen molar-refractivity contribution in [2.45, 2.75) is 39.2 Å². The largest absolute Gasteiger partial charge is 0.480 e. The number of carboxylic acid groups (broad SMARTS) is 1. The van der Waals surface area contributed by atoms with E-state index in [2.05, 4.69) is 11.8 Å². The van der Waals surface area contributed by atoms with E-state index in [4.69, 9.17) is 0 Å². The van der Waals surface area contributed by atoms with Crippen LogP contribution in [0.3, 0.4) is 0 Å². The smallest absolute Gasteiger partial charge is 0.328 e. The van der Waals surface area contributed by atoms with Crippen LogP contribution in [0.5, 0.6) is 0 Å². The molecule has 3 nitrogen and oxygen atoms in total. The zero-order valence-corrected chi connectivity index (χ0v) is 11.5. The second-order valence-electron chi connectivity index (χ2n) is 4.46. The SMILES string of the molecule is CCCN(CC)C(CC)(C(=O)O)c1ccccc1. The van der Waals surface area contributed by atoms with Gasteiger partial charge in [-0.3, -0.25) is 4.90 Å². The zero-order chi connectivity index (χ0) is 13.6. The number of likely N-dealkylation sites (N-methyl/N-ethyl adjacent to an activating group) is 1. The molecule has 1 aromatic rings. The van der Waals surface area contributed by atoms with Gasteiger partial charge in [0, 0.05) is 0 Å². The molecule has 0 bridgehead atoms. The lowest BCUT2D eigenvalue weighted by Gasteiger charge is -2.40. The molecule has 0 fully saturated rings. The average molecular weight is 249 g/mol. The van der Waals surface area contributed by atoms with E-state index in [1.54, 1.807) is 0 Å². The van der Waals surface area contributed by atoms with Gasteiger partial charge in [-0.25, -0.2) is 4.79 Å². The topological polar surface area (TPSA) is 40.5 Å². The van der Waals surface area contributed by atoms with Crippen LogP contribution in [0, 0.1) is 0 Å². The van der Waals surface area contributed by atoms with E-state index < -0.39 is 11.5 Å². The van der Waals surface area contributed by atoms with Gasteiger partial charge < -0.3 is 5.11 Å². The Bertz CT molecular complexity index is 377. The monoisotopic (exact) mass is 249 g/mol. The van der Waals surface area contributed by atoms with Crippen molar-refractivity contribution < 1.29 is 9.90 Å². The van der Waals surface area contributed by atoms with Crippen LogP contribution in [0.4, 0.5) is 0 Å². The van der Waals surface area contributed by atoms with E-state index in [1.807, 2.05) is 44.2 Å². The number of hydrogen-bond donors (Lipinski definition) is 1. The number of rotatable bonds is 7. The Morgan fingerprint density at radius 2 is 1.83 bits per heavy atom. The molecule has 0 amide bonds. The van der Waals surface area contributed by atoms with Crippen molar-refractivity contribution in [1.29, 1.82) is 0 Å². The predicted molar refractivity (Wildman–Crippen MR) is 73.6 cm³/mol. The van der Waals surface area contributed by atoms with E-state index in [1.165, 1.54) is 0 Å². The molecule has 0 spiro atoms. The van der Waals surface area contributed by atoms with Crippen molar-refractivity contribution >= 4 is 5.97 Å². The summed E-state index contributed by atoms with van der Waals surface area (Å²) in [5.41, 5.74) is -0.0262. The fraction of sp³-hybridized carbons (Fsp3) is 0.533. The molecule has 100 valence electrons. The minimum Gasteiger partial charge on any atom is -0.480 e. The third-order valence-corrected chi connectivity index (χ3v) is 3.53. The molecule has 1 rings (SSSR count). The zero-order valence-electron chi connectivity index (χ0n) is 11.5. The summed E-state index contributed by atoms with van der Waals surface area (Å²) in [4.78, 5) is 13.9. The van der Waals surface area contributed by atoms with Crippen LogP contribution in [0.2, 0.25) is 0 Å². The summed E-state index contributed by atoms with van der Waals surface area (Å²) in [7, 11) is 0. The van der Waals surface area contributed by atoms with Crippen molar-refractivity contribution in [2.75, 3.05) is 13.1 Å². The third kappa shape index (κ3) is 2.56. The molecule has 0 aliphatic carbocycles. The first kappa shape index (κ1) is 14.7. The summed E-state index contributed by atoms with van der Waals surface area (Å²) in [6.07, 6.45) is 1.52. The molecule has 0 heterocycles. The molecular weight excluding hydrogens is 226 g/mol. The lowest BCUT2D eigenvalue weighted by atomic mass is 9.85. The molecule has 0 aliphatic rings. The highest BCUT2D eigenvalue weighted by atomic mass is 16.4. The first-order valence-electron chi connectivity index (χ1n) is 6.67. The van der Waals surface area contributed by atoms with Crippen LogP contribution in [-0.4, -0.2) is 29.1 Å². The average Bonchev–Trinajstić information content (AvgIpc) is 2.39. The molecule has 1 unspecified atom stereocenters. The highest BCUT2D eigenvalue weighted by Crippen LogP contribution is 2.32. The van der Waals surface area contributed by atoms with Gasteiger partial charge in [-0.05, 0) is 31.5 Å². The van der Waals surface area contributed by atoms with Crippen LogP contribution in [-0.2, 0) is 10.3 Å². The Morgan fingerprint density at radius 3 is 2.22 bits per heavy atom. The lowest BCUT2D eigenvalue weighted by Crippen LogP contribution is -2.52. The summed E-state index contributed by atoms with van der Waals surface area (Å²) < 4.78 is 0. The molecule has 0 saturated carbocycles. The Hall–Kier alpha value is -1.35. The molecule has 3 heteroatoms. The van der Waals surface area contributed by atoms with Gasteiger partial charge in [0.05, 0.1) is 0 Å². The Morgan fingerprint density at radius 1 is 1.22 bits per heavy atom. The minimum absolute atomic E-state index is 0.570. The van der Waals surface area contributed by atoms with Gasteiger partial charge in [0.25, 0.3) is 0 Å². The molecular formula is C15H23NO2. The number of benzene rings is 1. The quantitative estimate of drug-likeness (QED) is 0.807. The molecule has 18 heavy (non-hydrogen) atoms. The lowest BCUT2D eigenvalue weighted by molar-refractivity contribution is -0.153. The normalized spacial score (nSPS) is 14.4. The molecule has 0 radical (unpaired) electrons. The van der Waals surface area contributed by atoms with E-state index in [-0.39, 0.29) is 0 Å². The molecule has 0 aliphatic heterocycles. The Balaban J connectivity index is 3.29. The standard InChI is InChI=1S/C15H23NO2/c1-4-12-16(6-3)15(5-2,14(17)18)13-10-8-7-9-11-13/h7-11H,4-6,12H2,1-3H3,(H,17,18). The van der Waals surface area contributed by atoms with Gasteiger partial charge >= 0.3 is 5.97 Å². The van der Waals surface area contributed by atoms with Crippen molar-refractivity contribution in [1.82, 2.24) is 4.90 Å². The van der Waals surface area contributed by atoms with Crippen LogP contribution >= 0.6 is 0 Å². The highest BCUT2D eigenvalue weighted by Gasteiger charge is 2.43. The maximum atomic E-state index is 11.9. The number of aliphatic carboxylic acids is 1. The predicted octanol–water partition coefficient (Wildman–Crippen LogP) is 3.11. The molecule has 1 N–H and O–H groups in total. The van der Waals surface area contributed by atoms with Crippen molar-refractivity contribution in [3.8, 4) is 0 Å². The minimum atomic E-state index is -0.897. The van der Waals surface area contributed by atoms with Gasteiger partial charge in [0.2, 0.25) is 0 Å². The first-order valence-corrected chi connectivity index (χ1v) is 6.67. The summed E-state index contributed by atoms with van der Waals surface area (Å²) in [6, 6.07) is 9.55. The molecule has 1 atom stereocenters. The van der Waals surface area contributed by atoms with Gasteiger partial charge in [-0.15, -0.1) is 0 Å². The Labute approximate surface area is 109 Å². The second kappa shape index (κ2) is 6.55. The molecule has 1 aromatic carbocycles. The number of carboxylic acids is 1. The van der Waals surface area contributed by atoms with E-state index in [9.17, 15) is 9.90 Å².